The highest BCUT2D eigenvalue weighted by atomic mass is 32.2. The number of hydrogen-bond acceptors (Lipinski definition) is 5. The number of pyridine rings is 1. The van der Waals surface area contributed by atoms with Crippen molar-refractivity contribution in [3.05, 3.63) is 24.0 Å². The minimum Gasteiger partial charge on any atom is -0.395 e. The van der Waals surface area contributed by atoms with Gasteiger partial charge in [-0.05, 0) is 13.1 Å². The fraction of sp³-hybridized carbons (Fsp3) is 0.500. The van der Waals surface area contributed by atoms with Crippen LogP contribution in [-0.4, -0.2) is 67.5 Å². The summed E-state index contributed by atoms with van der Waals surface area (Å²) in [4.78, 5) is 6.23. The molecule has 0 saturated carbocycles. The molecule has 1 aliphatic rings. The highest BCUT2D eigenvalue weighted by Crippen LogP contribution is 2.17. The molecule has 1 aromatic heterocycles. The van der Waals surface area contributed by atoms with Crippen LogP contribution in [0.2, 0.25) is 0 Å². The molecule has 114 valence electrons. The van der Waals surface area contributed by atoms with Crippen molar-refractivity contribution < 1.29 is 13.5 Å². The van der Waals surface area contributed by atoms with E-state index < -0.39 is 10.0 Å². The van der Waals surface area contributed by atoms with Gasteiger partial charge in [0.2, 0.25) is 10.0 Å². The molecule has 0 amide bonds. The average Bonchev–Trinajstić information content (AvgIpc) is 2.48. The van der Waals surface area contributed by atoms with E-state index in [9.17, 15) is 8.42 Å². The summed E-state index contributed by atoms with van der Waals surface area (Å²) in [5.41, 5.74) is 0.540. The normalized spacial score (nSPS) is 17.2. The average molecular weight is 309 g/mol. The molecular formula is C14H19N3O3S. The molecule has 0 unspecified atom stereocenters. The molecular weight excluding hydrogens is 290 g/mol. The van der Waals surface area contributed by atoms with E-state index in [-0.39, 0.29) is 11.5 Å². The van der Waals surface area contributed by atoms with E-state index in [2.05, 4.69) is 21.7 Å². The number of likely N-dealkylation sites (N-methyl/N-ethyl adjacent to an activating group) is 1. The lowest BCUT2D eigenvalue weighted by Gasteiger charge is -2.31. The molecule has 0 atom stereocenters. The maximum Gasteiger partial charge on any atom is 0.244 e. The van der Waals surface area contributed by atoms with Crippen molar-refractivity contribution in [3.63, 3.8) is 0 Å². The molecule has 0 radical (unpaired) electrons. The van der Waals surface area contributed by atoms with E-state index in [4.69, 9.17) is 5.11 Å². The van der Waals surface area contributed by atoms with Crippen LogP contribution in [-0.2, 0) is 10.0 Å². The number of rotatable bonds is 3. The second kappa shape index (κ2) is 7.00. The van der Waals surface area contributed by atoms with E-state index in [1.807, 2.05) is 7.05 Å². The van der Waals surface area contributed by atoms with Crippen molar-refractivity contribution in [1.82, 2.24) is 14.2 Å². The van der Waals surface area contributed by atoms with Crippen LogP contribution in [0.15, 0.2) is 23.4 Å². The Morgan fingerprint density at radius 2 is 2.00 bits per heavy atom. The van der Waals surface area contributed by atoms with E-state index in [0.717, 1.165) is 13.1 Å². The van der Waals surface area contributed by atoms with Crippen molar-refractivity contribution in [2.75, 3.05) is 39.8 Å². The summed E-state index contributed by atoms with van der Waals surface area (Å²) in [5, 5.41) is 8.70. The monoisotopic (exact) mass is 309 g/mol. The molecule has 1 aromatic rings. The summed E-state index contributed by atoms with van der Waals surface area (Å²) < 4.78 is 26.6. The zero-order valence-corrected chi connectivity index (χ0v) is 12.8. The number of aliphatic hydroxyl groups is 1. The van der Waals surface area contributed by atoms with Gasteiger partial charge < -0.3 is 10.0 Å². The molecule has 7 heteroatoms. The maximum absolute atomic E-state index is 12.6. The minimum atomic E-state index is -3.51. The summed E-state index contributed by atoms with van der Waals surface area (Å²) in [6.07, 6.45) is 3.23. The lowest BCUT2D eigenvalue weighted by atomic mass is 10.3. The summed E-state index contributed by atoms with van der Waals surface area (Å²) in [5.74, 6) is 5.56. The predicted octanol–water partition coefficient (Wildman–Crippen LogP) is -0.248. The van der Waals surface area contributed by atoms with Gasteiger partial charge in [-0.25, -0.2) is 8.42 Å². The quantitative estimate of drug-likeness (QED) is 0.780. The molecule has 1 fully saturated rings. The van der Waals surface area contributed by atoms with E-state index in [1.165, 1.54) is 22.8 Å². The Morgan fingerprint density at radius 3 is 2.67 bits per heavy atom. The van der Waals surface area contributed by atoms with Crippen molar-refractivity contribution >= 4 is 10.0 Å². The van der Waals surface area contributed by atoms with Crippen LogP contribution < -0.4 is 0 Å². The van der Waals surface area contributed by atoms with Crippen molar-refractivity contribution in [2.45, 2.75) is 11.3 Å². The van der Waals surface area contributed by atoms with Crippen LogP contribution in [0.25, 0.3) is 0 Å². The van der Waals surface area contributed by atoms with Gasteiger partial charge in [-0.2, -0.15) is 4.31 Å². The first kappa shape index (κ1) is 15.9. The van der Waals surface area contributed by atoms with Gasteiger partial charge in [-0.3, -0.25) is 4.98 Å². The van der Waals surface area contributed by atoms with Crippen LogP contribution in [0.1, 0.15) is 12.0 Å². The molecule has 0 spiro atoms. The SMILES string of the molecule is CN1CCN(S(=O)(=O)c2cncc(C#CCCO)c2)CC1. The molecule has 1 N–H and O–H groups in total. The third-order valence-corrected chi connectivity index (χ3v) is 5.15. The summed E-state index contributed by atoms with van der Waals surface area (Å²) in [6, 6.07) is 1.53. The molecule has 1 saturated heterocycles. The first-order chi connectivity index (χ1) is 10.0. The first-order valence-electron chi connectivity index (χ1n) is 6.77. The van der Waals surface area contributed by atoms with Crippen molar-refractivity contribution in [3.8, 4) is 11.8 Å². The third-order valence-electron chi connectivity index (χ3n) is 3.28. The molecule has 1 aliphatic heterocycles. The number of nitrogens with zero attached hydrogens (tertiary/aromatic N) is 3. The zero-order chi connectivity index (χ0) is 15.3. The summed E-state index contributed by atoms with van der Waals surface area (Å²) >= 11 is 0. The second-order valence-electron chi connectivity index (χ2n) is 4.89. The molecule has 0 aromatic carbocycles. The third kappa shape index (κ3) is 4.02. The Balaban J connectivity index is 2.21. The number of sulfonamides is 1. The molecule has 2 heterocycles. The fourth-order valence-corrected chi connectivity index (χ4v) is 3.44. The molecule has 0 bridgehead atoms. The van der Waals surface area contributed by atoms with Crippen LogP contribution in [0.3, 0.4) is 0 Å². The van der Waals surface area contributed by atoms with E-state index in [0.29, 0.717) is 25.1 Å². The van der Waals surface area contributed by atoms with Crippen molar-refractivity contribution in [1.29, 1.82) is 0 Å². The topological polar surface area (TPSA) is 73.7 Å². The number of hydrogen-bond donors (Lipinski definition) is 1. The Bertz CT molecular complexity index is 641. The van der Waals surface area contributed by atoms with Gasteiger partial charge in [0.15, 0.2) is 0 Å². The predicted molar refractivity (Wildman–Crippen MR) is 79.1 cm³/mol. The van der Waals surface area contributed by atoms with Crippen LogP contribution in [0.4, 0.5) is 0 Å². The first-order valence-corrected chi connectivity index (χ1v) is 8.21. The fourth-order valence-electron chi connectivity index (χ4n) is 2.03. The maximum atomic E-state index is 12.6. The lowest BCUT2D eigenvalue weighted by molar-refractivity contribution is 0.222. The lowest BCUT2D eigenvalue weighted by Crippen LogP contribution is -2.47. The summed E-state index contributed by atoms with van der Waals surface area (Å²) in [7, 11) is -1.54. The zero-order valence-electron chi connectivity index (χ0n) is 12.0. The Labute approximate surface area is 125 Å². The highest BCUT2D eigenvalue weighted by molar-refractivity contribution is 7.89. The van der Waals surface area contributed by atoms with Gasteiger partial charge in [0.05, 0.1) is 6.61 Å². The largest absolute Gasteiger partial charge is 0.395 e. The minimum absolute atomic E-state index is 0.0142. The van der Waals surface area contributed by atoms with Crippen LogP contribution in [0.5, 0.6) is 0 Å². The number of aromatic nitrogens is 1. The number of piperazine rings is 1. The summed E-state index contributed by atoms with van der Waals surface area (Å²) in [6.45, 7) is 2.41. The van der Waals surface area contributed by atoms with Gasteiger partial charge in [0.25, 0.3) is 0 Å². The van der Waals surface area contributed by atoms with Crippen LogP contribution >= 0.6 is 0 Å². The van der Waals surface area contributed by atoms with Gasteiger partial charge in [-0.1, -0.05) is 11.8 Å². The number of aliphatic hydroxyl groups excluding tert-OH is 1. The molecule has 21 heavy (non-hydrogen) atoms. The van der Waals surface area contributed by atoms with Gasteiger partial charge in [0.1, 0.15) is 4.90 Å². The molecule has 2 rings (SSSR count). The molecule has 0 aliphatic carbocycles. The molecule has 6 nitrogen and oxygen atoms in total. The van der Waals surface area contributed by atoms with Crippen molar-refractivity contribution in [2.24, 2.45) is 0 Å². The van der Waals surface area contributed by atoms with Gasteiger partial charge in [-0.15, -0.1) is 0 Å². The van der Waals surface area contributed by atoms with Crippen LogP contribution in [0, 0.1) is 11.8 Å². The highest BCUT2D eigenvalue weighted by Gasteiger charge is 2.27. The van der Waals surface area contributed by atoms with E-state index >= 15 is 0 Å². The Morgan fingerprint density at radius 1 is 1.29 bits per heavy atom. The standard InChI is InChI=1S/C14H19N3O3S/c1-16-5-7-17(8-6-16)21(19,20)14-10-13(11-15-12-14)4-2-3-9-18/h10-12,18H,3,5-9H2,1H3. The smallest absolute Gasteiger partial charge is 0.244 e. The van der Waals surface area contributed by atoms with E-state index in [1.54, 1.807) is 0 Å². The Hall–Kier alpha value is -1.46. The second-order valence-corrected chi connectivity index (χ2v) is 6.83. The van der Waals surface area contributed by atoms with Gasteiger partial charge >= 0.3 is 0 Å². The van der Waals surface area contributed by atoms with Gasteiger partial charge in [0, 0.05) is 50.6 Å². The Kier molecular flexibility index (Phi) is 5.31.